The molecular formula is C18H18N4O. The number of aryl methyl sites for hydroxylation is 1. The average Bonchev–Trinajstić information content (AvgIpc) is 3.26. The van der Waals surface area contributed by atoms with Crippen LogP contribution in [-0.4, -0.2) is 19.1 Å². The quantitative estimate of drug-likeness (QED) is 0.571. The lowest BCUT2D eigenvalue weighted by atomic mass is 10.2. The van der Waals surface area contributed by atoms with Gasteiger partial charge in [0, 0.05) is 37.6 Å². The van der Waals surface area contributed by atoms with Crippen molar-refractivity contribution in [2.24, 2.45) is 0 Å². The summed E-state index contributed by atoms with van der Waals surface area (Å²) in [5, 5.41) is 1.26. The van der Waals surface area contributed by atoms with Crippen molar-refractivity contribution in [3.05, 3.63) is 61.1 Å². The molecule has 5 nitrogen and oxygen atoms in total. The van der Waals surface area contributed by atoms with Crippen LogP contribution in [0.4, 0.5) is 0 Å². The summed E-state index contributed by atoms with van der Waals surface area (Å²) in [5.74, 6) is 1.49. The second kappa shape index (κ2) is 5.43. The van der Waals surface area contributed by atoms with Crippen molar-refractivity contribution < 1.29 is 4.42 Å². The van der Waals surface area contributed by atoms with E-state index in [9.17, 15) is 0 Å². The van der Waals surface area contributed by atoms with Gasteiger partial charge in [0.1, 0.15) is 12.0 Å². The van der Waals surface area contributed by atoms with Crippen molar-refractivity contribution in [1.82, 2.24) is 19.1 Å². The fourth-order valence-corrected chi connectivity index (χ4v) is 3.01. The van der Waals surface area contributed by atoms with Crippen molar-refractivity contribution in [2.45, 2.75) is 26.4 Å². The van der Waals surface area contributed by atoms with E-state index in [1.807, 2.05) is 19.3 Å². The molecule has 5 heteroatoms. The number of oxazole rings is 1. The van der Waals surface area contributed by atoms with E-state index in [2.05, 4.69) is 62.6 Å². The van der Waals surface area contributed by atoms with E-state index in [1.165, 1.54) is 10.9 Å². The number of benzene rings is 1. The molecule has 116 valence electrons. The van der Waals surface area contributed by atoms with Crippen LogP contribution in [0.25, 0.3) is 22.4 Å². The van der Waals surface area contributed by atoms with Gasteiger partial charge < -0.3 is 13.6 Å². The summed E-state index contributed by atoms with van der Waals surface area (Å²) >= 11 is 0. The van der Waals surface area contributed by atoms with Crippen molar-refractivity contribution in [1.29, 1.82) is 0 Å². The summed E-state index contributed by atoms with van der Waals surface area (Å²) in [6.45, 7) is 4.90. The first-order valence-electron chi connectivity index (χ1n) is 7.71. The molecule has 0 radical (unpaired) electrons. The summed E-state index contributed by atoms with van der Waals surface area (Å²) in [5.41, 5.74) is 2.02. The summed E-state index contributed by atoms with van der Waals surface area (Å²) in [7, 11) is 0. The predicted octanol–water partition coefficient (Wildman–Crippen LogP) is 4.06. The lowest BCUT2D eigenvalue weighted by Gasteiger charge is -2.17. The molecule has 1 aromatic carbocycles. The molecule has 0 saturated carbocycles. The van der Waals surface area contributed by atoms with E-state index >= 15 is 0 Å². The minimum Gasteiger partial charge on any atom is -0.449 e. The SMILES string of the molecule is Cc1nc(-c2nccn2C(C)Cn2ccc3ccccc32)co1. The first-order valence-corrected chi connectivity index (χ1v) is 7.71. The minimum atomic E-state index is 0.250. The van der Waals surface area contributed by atoms with Gasteiger partial charge in [-0.05, 0) is 24.4 Å². The van der Waals surface area contributed by atoms with E-state index in [1.54, 1.807) is 6.26 Å². The number of rotatable bonds is 4. The number of fused-ring (bicyclic) bond motifs is 1. The lowest BCUT2D eigenvalue weighted by molar-refractivity contribution is 0.475. The molecule has 1 unspecified atom stereocenters. The molecule has 3 aromatic heterocycles. The standard InChI is InChI=1S/C18H18N4O/c1-13(11-21-9-7-15-5-3-4-6-17(15)21)22-10-8-19-18(22)16-12-23-14(2)20-16/h3-10,12-13H,11H2,1-2H3. The van der Waals surface area contributed by atoms with Crippen LogP contribution < -0.4 is 0 Å². The van der Waals surface area contributed by atoms with Crippen LogP contribution in [0.3, 0.4) is 0 Å². The number of hydrogen-bond acceptors (Lipinski definition) is 3. The lowest BCUT2D eigenvalue weighted by Crippen LogP contribution is -2.13. The van der Waals surface area contributed by atoms with Gasteiger partial charge in [-0.1, -0.05) is 18.2 Å². The fraction of sp³-hybridized carbons (Fsp3) is 0.222. The zero-order valence-electron chi connectivity index (χ0n) is 13.2. The van der Waals surface area contributed by atoms with Crippen molar-refractivity contribution in [3.63, 3.8) is 0 Å². The first-order chi connectivity index (χ1) is 11.2. The minimum absolute atomic E-state index is 0.250. The van der Waals surface area contributed by atoms with Gasteiger partial charge in [-0.3, -0.25) is 0 Å². The van der Waals surface area contributed by atoms with Crippen LogP contribution in [0.5, 0.6) is 0 Å². The average molecular weight is 306 g/mol. The highest BCUT2D eigenvalue weighted by atomic mass is 16.3. The highest BCUT2D eigenvalue weighted by Gasteiger charge is 2.15. The molecule has 0 saturated heterocycles. The number of nitrogens with zero attached hydrogens (tertiary/aromatic N) is 4. The molecule has 0 aliphatic heterocycles. The second-order valence-electron chi connectivity index (χ2n) is 5.79. The largest absolute Gasteiger partial charge is 0.449 e. The molecule has 4 aromatic rings. The molecule has 0 bridgehead atoms. The van der Waals surface area contributed by atoms with E-state index in [0.717, 1.165) is 18.1 Å². The van der Waals surface area contributed by atoms with Crippen LogP contribution >= 0.6 is 0 Å². The summed E-state index contributed by atoms with van der Waals surface area (Å²) in [6, 6.07) is 10.8. The van der Waals surface area contributed by atoms with E-state index in [-0.39, 0.29) is 6.04 Å². The van der Waals surface area contributed by atoms with Gasteiger partial charge in [0.05, 0.1) is 6.04 Å². The number of para-hydroxylation sites is 1. The third-order valence-corrected chi connectivity index (χ3v) is 4.13. The summed E-state index contributed by atoms with van der Waals surface area (Å²) in [6.07, 6.45) is 7.60. The smallest absolute Gasteiger partial charge is 0.191 e. The zero-order valence-corrected chi connectivity index (χ0v) is 13.2. The number of aromatic nitrogens is 4. The number of hydrogen-bond donors (Lipinski definition) is 0. The molecule has 4 rings (SSSR count). The first kappa shape index (κ1) is 13.8. The van der Waals surface area contributed by atoms with Gasteiger partial charge in [0.15, 0.2) is 11.7 Å². The van der Waals surface area contributed by atoms with Gasteiger partial charge >= 0.3 is 0 Å². The topological polar surface area (TPSA) is 48.8 Å². The maximum Gasteiger partial charge on any atom is 0.191 e. The van der Waals surface area contributed by atoms with Crippen molar-refractivity contribution in [2.75, 3.05) is 0 Å². The van der Waals surface area contributed by atoms with Gasteiger partial charge in [0.2, 0.25) is 0 Å². The highest BCUT2D eigenvalue weighted by Crippen LogP contribution is 2.23. The maximum absolute atomic E-state index is 5.32. The predicted molar refractivity (Wildman–Crippen MR) is 89.1 cm³/mol. The van der Waals surface area contributed by atoms with Gasteiger partial charge in [-0.25, -0.2) is 9.97 Å². The summed E-state index contributed by atoms with van der Waals surface area (Å²) < 4.78 is 9.74. The normalized spacial score (nSPS) is 12.8. The molecule has 23 heavy (non-hydrogen) atoms. The van der Waals surface area contributed by atoms with Crippen LogP contribution in [-0.2, 0) is 6.54 Å². The van der Waals surface area contributed by atoms with Crippen LogP contribution in [0.2, 0.25) is 0 Å². The zero-order chi connectivity index (χ0) is 15.8. The van der Waals surface area contributed by atoms with E-state index in [0.29, 0.717) is 5.89 Å². The Morgan fingerprint density at radius 2 is 2.04 bits per heavy atom. The van der Waals surface area contributed by atoms with Crippen LogP contribution in [0.1, 0.15) is 18.9 Å². The van der Waals surface area contributed by atoms with Gasteiger partial charge in [0.25, 0.3) is 0 Å². The third-order valence-electron chi connectivity index (χ3n) is 4.13. The third kappa shape index (κ3) is 2.44. The van der Waals surface area contributed by atoms with Crippen LogP contribution in [0, 0.1) is 6.92 Å². The monoisotopic (exact) mass is 306 g/mol. The molecule has 0 amide bonds. The van der Waals surface area contributed by atoms with Gasteiger partial charge in [-0.2, -0.15) is 0 Å². The Morgan fingerprint density at radius 3 is 2.87 bits per heavy atom. The Morgan fingerprint density at radius 1 is 1.17 bits per heavy atom. The Kier molecular flexibility index (Phi) is 3.26. The maximum atomic E-state index is 5.32. The van der Waals surface area contributed by atoms with Crippen molar-refractivity contribution >= 4 is 10.9 Å². The van der Waals surface area contributed by atoms with Crippen molar-refractivity contribution in [3.8, 4) is 11.5 Å². The Labute approximate surface area is 134 Å². The van der Waals surface area contributed by atoms with E-state index in [4.69, 9.17) is 4.42 Å². The van der Waals surface area contributed by atoms with Crippen LogP contribution in [0.15, 0.2) is 59.6 Å². The molecule has 0 N–H and O–H groups in total. The Hall–Kier alpha value is -2.82. The molecule has 0 aliphatic carbocycles. The van der Waals surface area contributed by atoms with Gasteiger partial charge in [-0.15, -0.1) is 0 Å². The summed E-state index contributed by atoms with van der Waals surface area (Å²) in [4.78, 5) is 8.83. The molecule has 1 atom stereocenters. The number of imidazole rings is 1. The molecule has 0 fully saturated rings. The molecule has 3 heterocycles. The Balaban J connectivity index is 1.65. The second-order valence-corrected chi connectivity index (χ2v) is 5.79. The Bertz CT molecular complexity index is 947. The highest BCUT2D eigenvalue weighted by molar-refractivity contribution is 5.79. The molecule has 0 aliphatic rings. The molecule has 0 spiro atoms. The molecular weight excluding hydrogens is 288 g/mol. The fourth-order valence-electron chi connectivity index (χ4n) is 3.01. The van der Waals surface area contributed by atoms with E-state index < -0.39 is 0 Å².